The Morgan fingerprint density at radius 1 is 1.40 bits per heavy atom. The van der Waals surface area contributed by atoms with Gasteiger partial charge in [-0.15, -0.1) is 0 Å². The van der Waals surface area contributed by atoms with Crippen LogP contribution in [0.15, 0.2) is 24.3 Å². The molecule has 0 aliphatic carbocycles. The minimum Gasteiger partial charge on any atom is -0.479 e. The molecule has 0 amide bonds. The molecule has 2 rings (SSSR count). The van der Waals surface area contributed by atoms with E-state index in [0.717, 1.165) is 25.4 Å². The van der Waals surface area contributed by atoms with Gasteiger partial charge < -0.3 is 10.1 Å². The van der Waals surface area contributed by atoms with Gasteiger partial charge in [0.25, 0.3) is 0 Å². The van der Waals surface area contributed by atoms with Crippen LogP contribution < -0.4 is 10.1 Å². The van der Waals surface area contributed by atoms with Crippen molar-refractivity contribution >= 4 is 0 Å². The van der Waals surface area contributed by atoms with Gasteiger partial charge in [-0.25, -0.2) is 0 Å². The van der Waals surface area contributed by atoms with E-state index in [1.54, 1.807) is 0 Å². The Morgan fingerprint density at radius 2 is 2.20 bits per heavy atom. The van der Waals surface area contributed by atoms with E-state index in [0.29, 0.717) is 6.04 Å². The lowest BCUT2D eigenvalue weighted by atomic mass is 10.2. The summed E-state index contributed by atoms with van der Waals surface area (Å²) in [5.41, 5.74) is 1.25. The quantitative estimate of drug-likeness (QED) is 0.827. The van der Waals surface area contributed by atoms with E-state index >= 15 is 0 Å². The van der Waals surface area contributed by atoms with Gasteiger partial charge in [-0.05, 0) is 43.6 Å². The highest BCUT2D eigenvalue weighted by molar-refractivity contribution is 5.27. The van der Waals surface area contributed by atoms with Crippen LogP contribution in [-0.4, -0.2) is 37.2 Å². The lowest BCUT2D eigenvalue weighted by molar-refractivity contribution is 0.260. The van der Waals surface area contributed by atoms with Crippen molar-refractivity contribution in [2.75, 3.05) is 26.2 Å². The predicted octanol–water partition coefficient (Wildman–Crippen LogP) is 2.16. The topological polar surface area (TPSA) is 48.3 Å². The monoisotopic (exact) mass is 273 g/mol. The molecule has 0 saturated carbocycles. The smallest absolute Gasteiger partial charge is 0.174 e. The van der Waals surface area contributed by atoms with Crippen LogP contribution in [-0.2, 0) is 6.54 Å². The highest BCUT2D eigenvalue weighted by atomic mass is 16.5. The summed E-state index contributed by atoms with van der Waals surface area (Å²) >= 11 is 0. The third-order valence-electron chi connectivity index (χ3n) is 3.84. The Bertz CT molecular complexity index is 438. The second kappa shape index (κ2) is 7.88. The van der Waals surface area contributed by atoms with Crippen LogP contribution in [0.2, 0.25) is 0 Å². The molecule has 1 heterocycles. The van der Waals surface area contributed by atoms with Crippen LogP contribution in [0.5, 0.6) is 5.75 Å². The van der Waals surface area contributed by atoms with Gasteiger partial charge in [-0.2, -0.15) is 5.26 Å². The van der Waals surface area contributed by atoms with Crippen molar-refractivity contribution in [3.05, 3.63) is 29.8 Å². The van der Waals surface area contributed by atoms with E-state index < -0.39 is 0 Å². The van der Waals surface area contributed by atoms with Crippen LogP contribution in [0, 0.1) is 11.3 Å². The lowest BCUT2D eigenvalue weighted by Crippen LogP contribution is -2.37. The average Bonchev–Trinajstić information content (AvgIpc) is 2.94. The number of rotatable bonds is 7. The molecule has 1 fully saturated rings. The minimum absolute atomic E-state index is 0.103. The molecule has 0 radical (unpaired) electrons. The molecule has 108 valence electrons. The minimum atomic E-state index is 0.103. The van der Waals surface area contributed by atoms with Gasteiger partial charge in [0.1, 0.15) is 11.8 Å². The summed E-state index contributed by atoms with van der Waals surface area (Å²) in [6.45, 7) is 6.67. The highest BCUT2D eigenvalue weighted by Gasteiger charge is 2.21. The normalized spacial score (nSPS) is 18.9. The molecule has 1 unspecified atom stereocenters. The maximum Gasteiger partial charge on any atom is 0.174 e. The van der Waals surface area contributed by atoms with Crippen LogP contribution in [0.1, 0.15) is 25.3 Å². The SMILES string of the molecule is CCN1CCCC1CNCc1ccc(OCC#N)cc1. The molecule has 4 heteroatoms. The second-order valence-electron chi connectivity index (χ2n) is 5.15. The first-order valence-corrected chi connectivity index (χ1v) is 7.37. The first-order valence-electron chi connectivity index (χ1n) is 7.37. The van der Waals surface area contributed by atoms with Gasteiger partial charge in [0, 0.05) is 19.1 Å². The van der Waals surface area contributed by atoms with E-state index in [9.17, 15) is 0 Å². The molecule has 1 aliphatic heterocycles. The van der Waals surface area contributed by atoms with Crippen molar-refractivity contribution in [2.24, 2.45) is 0 Å². The Hall–Kier alpha value is -1.57. The van der Waals surface area contributed by atoms with Crippen molar-refractivity contribution in [1.82, 2.24) is 10.2 Å². The van der Waals surface area contributed by atoms with Crippen LogP contribution in [0.25, 0.3) is 0 Å². The number of benzene rings is 1. The van der Waals surface area contributed by atoms with E-state index in [4.69, 9.17) is 10.00 Å². The maximum absolute atomic E-state index is 8.45. The Morgan fingerprint density at radius 3 is 2.90 bits per heavy atom. The Balaban J connectivity index is 1.72. The van der Waals surface area contributed by atoms with Gasteiger partial charge >= 0.3 is 0 Å². The summed E-state index contributed by atoms with van der Waals surface area (Å²) < 4.78 is 5.24. The Labute approximate surface area is 121 Å². The fraction of sp³-hybridized carbons (Fsp3) is 0.562. The first kappa shape index (κ1) is 14.8. The molecule has 0 bridgehead atoms. The number of ether oxygens (including phenoxy) is 1. The highest BCUT2D eigenvalue weighted by Crippen LogP contribution is 2.16. The molecule has 0 spiro atoms. The zero-order valence-electron chi connectivity index (χ0n) is 12.1. The van der Waals surface area contributed by atoms with E-state index in [-0.39, 0.29) is 6.61 Å². The molecule has 4 nitrogen and oxygen atoms in total. The molecule has 1 aromatic carbocycles. The first-order chi connectivity index (χ1) is 9.83. The fourth-order valence-electron chi connectivity index (χ4n) is 2.74. The van der Waals surface area contributed by atoms with Gasteiger partial charge in [0.2, 0.25) is 0 Å². The van der Waals surface area contributed by atoms with Crippen molar-refractivity contribution in [1.29, 1.82) is 5.26 Å². The summed E-state index contributed by atoms with van der Waals surface area (Å²) in [5, 5.41) is 12.0. The van der Waals surface area contributed by atoms with Crippen LogP contribution in [0.4, 0.5) is 0 Å². The molecule has 20 heavy (non-hydrogen) atoms. The van der Waals surface area contributed by atoms with Gasteiger partial charge in [-0.1, -0.05) is 19.1 Å². The maximum atomic E-state index is 8.45. The van der Waals surface area contributed by atoms with E-state index in [2.05, 4.69) is 17.1 Å². The summed E-state index contributed by atoms with van der Waals surface area (Å²) in [6, 6.07) is 10.6. The summed E-state index contributed by atoms with van der Waals surface area (Å²) in [6.07, 6.45) is 2.63. The zero-order valence-corrected chi connectivity index (χ0v) is 12.1. The predicted molar refractivity (Wildman–Crippen MR) is 79.5 cm³/mol. The Kier molecular flexibility index (Phi) is 5.85. The number of hydrogen-bond acceptors (Lipinski definition) is 4. The molecule has 1 saturated heterocycles. The van der Waals surface area contributed by atoms with Gasteiger partial charge in [-0.3, -0.25) is 4.90 Å². The van der Waals surface area contributed by atoms with Crippen molar-refractivity contribution in [2.45, 2.75) is 32.4 Å². The largest absolute Gasteiger partial charge is 0.479 e. The number of hydrogen-bond donors (Lipinski definition) is 1. The van der Waals surface area contributed by atoms with Gasteiger partial charge in [0.05, 0.1) is 0 Å². The fourth-order valence-corrected chi connectivity index (χ4v) is 2.74. The van der Waals surface area contributed by atoms with E-state index in [1.807, 2.05) is 30.3 Å². The molecular weight excluding hydrogens is 250 g/mol. The molecular formula is C16H23N3O. The lowest BCUT2D eigenvalue weighted by Gasteiger charge is -2.23. The average molecular weight is 273 g/mol. The molecule has 1 N–H and O–H groups in total. The zero-order chi connectivity index (χ0) is 14.2. The summed E-state index contributed by atoms with van der Waals surface area (Å²) in [5.74, 6) is 0.753. The third kappa shape index (κ3) is 4.22. The van der Waals surface area contributed by atoms with Crippen molar-refractivity contribution in [3.63, 3.8) is 0 Å². The molecule has 0 aromatic heterocycles. The molecule has 1 aliphatic rings. The number of likely N-dealkylation sites (N-methyl/N-ethyl adjacent to an activating group) is 1. The number of nitrogens with zero attached hydrogens (tertiary/aromatic N) is 2. The van der Waals surface area contributed by atoms with Crippen molar-refractivity contribution in [3.8, 4) is 11.8 Å². The summed E-state index contributed by atoms with van der Waals surface area (Å²) in [7, 11) is 0. The molecule has 1 atom stereocenters. The number of nitriles is 1. The number of likely N-dealkylation sites (tertiary alicyclic amines) is 1. The third-order valence-corrected chi connectivity index (χ3v) is 3.84. The van der Waals surface area contributed by atoms with Gasteiger partial charge in [0.15, 0.2) is 6.61 Å². The van der Waals surface area contributed by atoms with E-state index in [1.165, 1.54) is 24.9 Å². The molecule has 1 aromatic rings. The second-order valence-corrected chi connectivity index (χ2v) is 5.15. The van der Waals surface area contributed by atoms with Crippen molar-refractivity contribution < 1.29 is 4.74 Å². The standard InChI is InChI=1S/C16H23N3O/c1-2-19-10-3-4-15(19)13-18-12-14-5-7-16(8-6-14)20-11-9-17/h5-8,15,18H,2-4,10-13H2,1H3. The number of nitrogens with one attached hydrogen (secondary N) is 1. The van der Waals surface area contributed by atoms with Crippen LogP contribution in [0.3, 0.4) is 0 Å². The van der Waals surface area contributed by atoms with Crippen LogP contribution >= 0.6 is 0 Å². The summed E-state index contributed by atoms with van der Waals surface area (Å²) in [4.78, 5) is 2.55.